The van der Waals surface area contributed by atoms with Gasteiger partial charge in [-0.3, -0.25) is 0 Å². The van der Waals surface area contributed by atoms with Crippen molar-refractivity contribution in [1.82, 2.24) is 0 Å². The van der Waals surface area contributed by atoms with Gasteiger partial charge in [0.05, 0.1) is 6.10 Å². The van der Waals surface area contributed by atoms with E-state index in [-0.39, 0.29) is 6.10 Å². The average molecular weight is 334 g/mol. The third kappa shape index (κ3) is 3.30. The number of aliphatic hydroxyl groups excluding tert-OH is 1. The molecule has 1 aliphatic rings. The summed E-state index contributed by atoms with van der Waals surface area (Å²) >= 11 is 6.90. The monoisotopic (exact) mass is 332 g/mol. The molecule has 15 heavy (non-hydrogen) atoms. The molecule has 0 spiro atoms. The van der Waals surface area contributed by atoms with Gasteiger partial charge in [-0.15, -0.1) is 0 Å². The van der Waals surface area contributed by atoms with Gasteiger partial charge in [0, 0.05) is 8.95 Å². The highest BCUT2D eigenvalue weighted by Crippen LogP contribution is 2.37. The average Bonchev–Trinajstić information content (AvgIpc) is 3.02. The molecule has 2 rings (SSSR count). The van der Waals surface area contributed by atoms with Crippen LogP contribution < -0.4 is 0 Å². The molecule has 1 nitrogen and oxygen atoms in total. The molecule has 0 saturated heterocycles. The fourth-order valence-corrected chi connectivity index (χ4v) is 2.62. The standard InChI is InChI=1S/C12H14Br2O/c13-9-4-5-11(14)10(7-9)12(15)6-3-8-1-2-8/h4-5,7-8,12,15H,1-3,6H2. The Morgan fingerprint density at radius 3 is 2.73 bits per heavy atom. The summed E-state index contributed by atoms with van der Waals surface area (Å²) in [7, 11) is 0. The first-order valence-corrected chi connectivity index (χ1v) is 6.88. The Bertz CT molecular complexity index is 347. The zero-order valence-electron chi connectivity index (χ0n) is 8.42. The van der Waals surface area contributed by atoms with Crippen LogP contribution in [0.25, 0.3) is 0 Å². The Hall–Kier alpha value is 0.140. The van der Waals surface area contributed by atoms with E-state index in [2.05, 4.69) is 31.9 Å². The lowest BCUT2D eigenvalue weighted by Crippen LogP contribution is -1.99. The van der Waals surface area contributed by atoms with E-state index < -0.39 is 0 Å². The summed E-state index contributed by atoms with van der Waals surface area (Å²) in [4.78, 5) is 0. The molecular weight excluding hydrogens is 320 g/mol. The quantitative estimate of drug-likeness (QED) is 0.863. The van der Waals surface area contributed by atoms with E-state index >= 15 is 0 Å². The Morgan fingerprint density at radius 1 is 1.33 bits per heavy atom. The number of hydrogen-bond acceptors (Lipinski definition) is 1. The van der Waals surface area contributed by atoms with Crippen LogP contribution in [0.1, 0.15) is 37.4 Å². The molecule has 1 saturated carbocycles. The number of hydrogen-bond donors (Lipinski definition) is 1. The lowest BCUT2D eigenvalue weighted by Gasteiger charge is -2.12. The predicted molar refractivity (Wildman–Crippen MR) is 68.8 cm³/mol. The van der Waals surface area contributed by atoms with Crippen LogP contribution in [0.2, 0.25) is 0 Å². The van der Waals surface area contributed by atoms with Crippen molar-refractivity contribution in [3.05, 3.63) is 32.7 Å². The fourth-order valence-electron chi connectivity index (χ4n) is 1.73. The molecule has 0 aliphatic heterocycles. The second-order valence-corrected chi connectivity index (χ2v) is 5.97. The molecule has 1 N–H and O–H groups in total. The summed E-state index contributed by atoms with van der Waals surface area (Å²) < 4.78 is 2.01. The fraction of sp³-hybridized carbons (Fsp3) is 0.500. The van der Waals surface area contributed by atoms with Crippen molar-refractivity contribution in [2.24, 2.45) is 5.92 Å². The van der Waals surface area contributed by atoms with Crippen LogP contribution in [0.15, 0.2) is 27.1 Å². The summed E-state index contributed by atoms with van der Waals surface area (Å²) in [5.74, 6) is 0.880. The van der Waals surface area contributed by atoms with Crippen LogP contribution >= 0.6 is 31.9 Å². The lowest BCUT2D eigenvalue weighted by atomic mass is 10.0. The van der Waals surface area contributed by atoms with Gasteiger partial charge >= 0.3 is 0 Å². The number of benzene rings is 1. The molecule has 1 aliphatic carbocycles. The van der Waals surface area contributed by atoms with Crippen LogP contribution in [0.5, 0.6) is 0 Å². The van der Waals surface area contributed by atoms with Gasteiger partial charge in [-0.25, -0.2) is 0 Å². The predicted octanol–water partition coefficient (Wildman–Crippen LogP) is 4.44. The van der Waals surface area contributed by atoms with Gasteiger partial charge in [0.1, 0.15) is 0 Å². The summed E-state index contributed by atoms with van der Waals surface area (Å²) in [6.07, 6.45) is 4.40. The van der Waals surface area contributed by atoms with E-state index in [0.29, 0.717) is 0 Å². The molecule has 1 atom stereocenters. The van der Waals surface area contributed by atoms with Crippen LogP contribution in [0.3, 0.4) is 0 Å². The molecule has 1 fully saturated rings. The van der Waals surface area contributed by atoms with E-state index in [1.165, 1.54) is 12.8 Å². The molecule has 1 aromatic rings. The largest absolute Gasteiger partial charge is 0.388 e. The van der Waals surface area contributed by atoms with Gasteiger partial charge in [-0.2, -0.15) is 0 Å². The van der Waals surface area contributed by atoms with Gasteiger partial charge < -0.3 is 5.11 Å². The molecule has 0 radical (unpaired) electrons. The molecule has 0 aromatic heterocycles. The Labute approximate surface area is 107 Å². The zero-order valence-corrected chi connectivity index (χ0v) is 11.6. The Balaban J connectivity index is 2.02. The Kier molecular flexibility index (Phi) is 3.86. The molecule has 0 heterocycles. The van der Waals surface area contributed by atoms with Gasteiger partial charge in [-0.1, -0.05) is 44.7 Å². The first kappa shape index (κ1) is 11.6. The minimum absolute atomic E-state index is 0.336. The van der Waals surface area contributed by atoms with Crippen LogP contribution in [0, 0.1) is 5.92 Å². The first-order chi connectivity index (χ1) is 7.16. The maximum absolute atomic E-state index is 10.1. The minimum atomic E-state index is -0.336. The molecule has 1 unspecified atom stereocenters. The summed E-state index contributed by atoms with van der Waals surface area (Å²) in [5.41, 5.74) is 0.991. The summed E-state index contributed by atoms with van der Waals surface area (Å²) in [5, 5.41) is 10.1. The lowest BCUT2D eigenvalue weighted by molar-refractivity contribution is 0.161. The maximum atomic E-state index is 10.1. The second kappa shape index (κ2) is 4.98. The molecule has 3 heteroatoms. The molecule has 0 bridgehead atoms. The number of rotatable bonds is 4. The van der Waals surface area contributed by atoms with Crippen molar-refractivity contribution in [1.29, 1.82) is 0 Å². The summed E-state index contributed by atoms with van der Waals surface area (Å²) in [6.45, 7) is 0. The van der Waals surface area contributed by atoms with Crippen molar-refractivity contribution in [3.8, 4) is 0 Å². The van der Waals surface area contributed by atoms with Crippen LogP contribution in [0.4, 0.5) is 0 Å². The molecule has 82 valence electrons. The highest BCUT2D eigenvalue weighted by Gasteiger charge is 2.22. The van der Waals surface area contributed by atoms with Crippen molar-refractivity contribution in [2.75, 3.05) is 0 Å². The smallest absolute Gasteiger partial charge is 0.0801 e. The zero-order chi connectivity index (χ0) is 10.8. The minimum Gasteiger partial charge on any atom is -0.388 e. The van der Waals surface area contributed by atoms with Gasteiger partial charge in [0.25, 0.3) is 0 Å². The number of aliphatic hydroxyl groups is 1. The second-order valence-electron chi connectivity index (χ2n) is 4.20. The van der Waals surface area contributed by atoms with Crippen molar-refractivity contribution in [2.45, 2.75) is 31.8 Å². The van der Waals surface area contributed by atoms with Crippen LogP contribution in [-0.2, 0) is 0 Å². The van der Waals surface area contributed by atoms with Crippen molar-refractivity contribution < 1.29 is 5.11 Å². The third-order valence-electron chi connectivity index (χ3n) is 2.86. The van der Waals surface area contributed by atoms with Gasteiger partial charge in [0.15, 0.2) is 0 Å². The molecule has 0 amide bonds. The topological polar surface area (TPSA) is 20.2 Å². The summed E-state index contributed by atoms with van der Waals surface area (Å²) in [6, 6.07) is 5.93. The Morgan fingerprint density at radius 2 is 2.07 bits per heavy atom. The van der Waals surface area contributed by atoms with E-state index in [4.69, 9.17) is 0 Å². The molecular formula is C12H14Br2O. The maximum Gasteiger partial charge on any atom is 0.0801 e. The van der Waals surface area contributed by atoms with E-state index in [0.717, 1.165) is 33.3 Å². The van der Waals surface area contributed by atoms with Gasteiger partial charge in [-0.05, 0) is 42.5 Å². The van der Waals surface area contributed by atoms with Crippen LogP contribution in [-0.4, -0.2) is 5.11 Å². The SMILES string of the molecule is OC(CCC1CC1)c1cc(Br)ccc1Br. The highest BCUT2D eigenvalue weighted by atomic mass is 79.9. The van der Waals surface area contributed by atoms with E-state index in [1.54, 1.807) is 0 Å². The van der Waals surface area contributed by atoms with E-state index in [9.17, 15) is 5.11 Å². The first-order valence-electron chi connectivity index (χ1n) is 5.30. The van der Waals surface area contributed by atoms with Crippen molar-refractivity contribution in [3.63, 3.8) is 0 Å². The van der Waals surface area contributed by atoms with Crippen molar-refractivity contribution >= 4 is 31.9 Å². The number of halogens is 2. The normalized spacial score (nSPS) is 17.8. The van der Waals surface area contributed by atoms with Gasteiger partial charge in [0.2, 0.25) is 0 Å². The van der Waals surface area contributed by atoms with E-state index in [1.807, 2.05) is 18.2 Å². The highest BCUT2D eigenvalue weighted by molar-refractivity contribution is 9.11. The third-order valence-corrected chi connectivity index (χ3v) is 4.08. The molecule has 1 aromatic carbocycles.